The number of benzene rings is 1. The maximum absolute atomic E-state index is 13.4. The molecule has 7 nitrogen and oxygen atoms in total. The van der Waals surface area contributed by atoms with E-state index in [0.29, 0.717) is 12.1 Å². The molecule has 0 radical (unpaired) electrons. The lowest BCUT2D eigenvalue weighted by molar-refractivity contribution is -0.128. The Morgan fingerprint density at radius 1 is 1.12 bits per heavy atom. The normalized spacial score (nSPS) is 21.2. The summed E-state index contributed by atoms with van der Waals surface area (Å²) >= 11 is 0. The van der Waals surface area contributed by atoms with Gasteiger partial charge in [-0.15, -0.1) is 0 Å². The molecule has 0 saturated carbocycles. The molecule has 2 aromatic rings. The monoisotopic (exact) mass is 435 g/mol. The Morgan fingerprint density at radius 3 is 2.62 bits per heavy atom. The fraction of sp³-hybridized carbons (Fsp3) is 0.480. The van der Waals surface area contributed by atoms with Gasteiger partial charge in [-0.2, -0.15) is 0 Å². The van der Waals surface area contributed by atoms with Gasteiger partial charge in [0.1, 0.15) is 6.61 Å². The van der Waals surface area contributed by atoms with E-state index in [4.69, 9.17) is 4.74 Å². The molecule has 3 aliphatic heterocycles. The standard InChI is InChI=1S/C25H29N3O4/c1-16-5-9-26-13-21(16)28-12-8-25(24(28)31)6-10-27(11-7-25)14-22(29)18-3-4-19-20(17(18)2)15-32-23(19)30/h3-5,9,13,22,29H,6-8,10-12,14-15H2,1-2H3/t22-/m0/s1. The number of ether oxygens (including phenoxy) is 1. The minimum absolute atomic E-state index is 0.216. The first-order valence-electron chi connectivity index (χ1n) is 11.3. The maximum Gasteiger partial charge on any atom is 0.338 e. The number of hydrogen-bond acceptors (Lipinski definition) is 6. The van der Waals surface area contributed by atoms with E-state index in [9.17, 15) is 14.7 Å². The SMILES string of the molecule is Cc1ccncc1N1CCC2(CCN(C[C@H](O)c3ccc4c(c3C)COC4=O)CC2)C1=O. The number of cyclic esters (lactones) is 1. The minimum atomic E-state index is -0.640. The van der Waals surface area contributed by atoms with Gasteiger partial charge >= 0.3 is 5.97 Å². The topological polar surface area (TPSA) is 83.0 Å². The second-order valence-corrected chi connectivity index (χ2v) is 9.35. The Kier molecular flexibility index (Phi) is 5.26. The highest BCUT2D eigenvalue weighted by molar-refractivity contribution is 6.00. The van der Waals surface area contributed by atoms with Crippen molar-refractivity contribution in [1.29, 1.82) is 0 Å². The van der Waals surface area contributed by atoms with Crippen molar-refractivity contribution in [3.63, 3.8) is 0 Å². The Morgan fingerprint density at radius 2 is 1.88 bits per heavy atom. The van der Waals surface area contributed by atoms with E-state index in [-0.39, 0.29) is 23.9 Å². The molecule has 32 heavy (non-hydrogen) atoms. The quantitative estimate of drug-likeness (QED) is 0.744. The zero-order chi connectivity index (χ0) is 22.5. The maximum atomic E-state index is 13.4. The fourth-order valence-electron chi connectivity index (χ4n) is 5.49. The summed E-state index contributed by atoms with van der Waals surface area (Å²) in [7, 11) is 0. The first-order valence-corrected chi connectivity index (χ1v) is 11.3. The number of likely N-dealkylation sites (tertiary alicyclic amines) is 1. The van der Waals surface area contributed by atoms with Crippen LogP contribution in [0.1, 0.15) is 58.0 Å². The molecule has 1 aromatic carbocycles. The van der Waals surface area contributed by atoms with Crippen molar-refractivity contribution in [2.45, 2.75) is 45.8 Å². The van der Waals surface area contributed by atoms with Crippen molar-refractivity contribution in [3.8, 4) is 0 Å². The Labute approximate surface area is 188 Å². The zero-order valence-corrected chi connectivity index (χ0v) is 18.6. The van der Waals surface area contributed by atoms with E-state index < -0.39 is 6.10 Å². The van der Waals surface area contributed by atoms with Crippen LogP contribution in [-0.2, 0) is 16.1 Å². The second kappa shape index (κ2) is 7.98. The van der Waals surface area contributed by atoms with E-state index >= 15 is 0 Å². The molecule has 2 fully saturated rings. The molecule has 0 aliphatic carbocycles. The van der Waals surface area contributed by atoms with Crippen LogP contribution in [-0.4, -0.2) is 53.0 Å². The van der Waals surface area contributed by atoms with Crippen LogP contribution in [0.2, 0.25) is 0 Å². The summed E-state index contributed by atoms with van der Waals surface area (Å²) in [5, 5.41) is 10.9. The molecule has 1 N–H and O–H groups in total. The fourth-order valence-corrected chi connectivity index (χ4v) is 5.49. The van der Waals surface area contributed by atoms with Crippen LogP contribution >= 0.6 is 0 Å². The van der Waals surface area contributed by atoms with Crippen molar-refractivity contribution >= 4 is 17.6 Å². The Hall–Kier alpha value is -2.77. The van der Waals surface area contributed by atoms with Crippen LogP contribution in [0.5, 0.6) is 0 Å². The first kappa shape index (κ1) is 21.1. The summed E-state index contributed by atoms with van der Waals surface area (Å²) in [5.41, 5.74) is 4.95. The average Bonchev–Trinajstić information content (AvgIpc) is 3.32. The lowest BCUT2D eigenvalue weighted by Gasteiger charge is -2.38. The van der Waals surface area contributed by atoms with Crippen LogP contribution in [0.4, 0.5) is 5.69 Å². The molecule has 2 saturated heterocycles. The highest BCUT2D eigenvalue weighted by Crippen LogP contribution is 2.43. The number of aromatic nitrogens is 1. The second-order valence-electron chi connectivity index (χ2n) is 9.35. The largest absolute Gasteiger partial charge is 0.457 e. The van der Waals surface area contributed by atoms with Gasteiger partial charge in [0.05, 0.1) is 29.0 Å². The summed E-state index contributed by atoms with van der Waals surface area (Å²) in [6.45, 7) is 7.07. The number of pyridine rings is 1. The number of fused-ring (bicyclic) bond motifs is 1. The number of β-amino-alcohol motifs (C(OH)–C–C–N with tert-alkyl or cyclic N) is 1. The number of piperidine rings is 1. The van der Waals surface area contributed by atoms with Crippen molar-refractivity contribution in [2.24, 2.45) is 5.41 Å². The van der Waals surface area contributed by atoms with Crippen molar-refractivity contribution in [3.05, 3.63) is 58.4 Å². The van der Waals surface area contributed by atoms with Crippen LogP contribution in [0.15, 0.2) is 30.6 Å². The number of nitrogens with zero attached hydrogens (tertiary/aromatic N) is 3. The molecule has 3 aliphatic rings. The number of carbonyl (C=O) groups is 2. The van der Waals surface area contributed by atoms with Gasteiger partial charge in [0, 0.05) is 24.8 Å². The van der Waals surface area contributed by atoms with E-state index in [1.165, 1.54) is 0 Å². The predicted molar refractivity (Wildman–Crippen MR) is 119 cm³/mol. The highest BCUT2D eigenvalue weighted by atomic mass is 16.5. The van der Waals surface area contributed by atoms with Gasteiger partial charge in [-0.25, -0.2) is 4.79 Å². The van der Waals surface area contributed by atoms with Gasteiger partial charge in [0.25, 0.3) is 0 Å². The smallest absolute Gasteiger partial charge is 0.338 e. The van der Waals surface area contributed by atoms with Crippen molar-refractivity contribution < 1.29 is 19.4 Å². The third-order valence-corrected chi connectivity index (χ3v) is 7.63. The summed E-state index contributed by atoms with van der Waals surface area (Å²) in [5.74, 6) is -0.0739. The third kappa shape index (κ3) is 3.40. The number of amides is 1. The van der Waals surface area contributed by atoms with Crippen molar-refractivity contribution in [1.82, 2.24) is 9.88 Å². The van der Waals surface area contributed by atoms with Gasteiger partial charge in [-0.05, 0) is 75.0 Å². The van der Waals surface area contributed by atoms with Gasteiger partial charge in [-0.1, -0.05) is 6.07 Å². The summed E-state index contributed by atoms with van der Waals surface area (Å²) < 4.78 is 5.13. The average molecular weight is 436 g/mol. The zero-order valence-electron chi connectivity index (χ0n) is 18.6. The molecule has 1 atom stereocenters. The van der Waals surface area contributed by atoms with E-state index in [1.54, 1.807) is 18.5 Å². The predicted octanol–water partition coefficient (Wildman–Crippen LogP) is 2.92. The lowest BCUT2D eigenvalue weighted by atomic mass is 9.77. The highest BCUT2D eigenvalue weighted by Gasteiger charge is 2.48. The molecule has 4 heterocycles. The number of aryl methyl sites for hydroxylation is 1. The van der Waals surface area contributed by atoms with Gasteiger partial charge in [0.2, 0.25) is 5.91 Å². The third-order valence-electron chi connectivity index (χ3n) is 7.63. The molecule has 0 bridgehead atoms. The summed E-state index contributed by atoms with van der Waals surface area (Å²) in [6.07, 6.45) is 5.38. The molecular weight excluding hydrogens is 406 g/mol. The number of hydrogen-bond donors (Lipinski definition) is 1. The Balaban J connectivity index is 1.24. The number of esters is 1. The van der Waals surface area contributed by atoms with Gasteiger partial charge in [0.15, 0.2) is 0 Å². The molecule has 1 aromatic heterocycles. The molecule has 7 heteroatoms. The molecule has 1 amide bonds. The van der Waals surface area contributed by atoms with Crippen LogP contribution in [0.25, 0.3) is 0 Å². The Bertz CT molecular complexity index is 1070. The van der Waals surface area contributed by atoms with Crippen LogP contribution < -0.4 is 4.90 Å². The number of carbonyl (C=O) groups excluding carboxylic acids is 2. The summed E-state index contributed by atoms with van der Waals surface area (Å²) in [4.78, 5) is 33.5. The number of anilines is 1. The van der Waals surface area contributed by atoms with E-state index in [0.717, 1.165) is 66.8 Å². The van der Waals surface area contributed by atoms with E-state index in [2.05, 4.69) is 9.88 Å². The molecular formula is C25H29N3O4. The van der Waals surface area contributed by atoms with Gasteiger partial charge < -0.3 is 19.6 Å². The molecule has 0 unspecified atom stereocenters. The summed E-state index contributed by atoms with van der Waals surface area (Å²) in [6, 6.07) is 5.54. The number of aliphatic hydroxyl groups excluding tert-OH is 1. The first-order chi connectivity index (χ1) is 15.4. The van der Waals surface area contributed by atoms with Crippen LogP contribution in [0.3, 0.4) is 0 Å². The lowest BCUT2D eigenvalue weighted by Crippen LogP contribution is -2.45. The van der Waals surface area contributed by atoms with Gasteiger partial charge in [-0.3, -0.25) is 9.78 Å². The van der Waals surface area contributed by atoms with E-state index in [1.807, 2.05) is 30.9 Å². The van der Waals surface area contributed by atoms with Crippen molar-refractivity contribution in [2.75, 3.05) is 31.1 Å². The molecule has 1 spiro atoms. The van der Waals surface area contributed by atoms with Crippen LogP contribution in [0, 0.1) is 19.3 Å². The number of aliphatic hydroxyl groups is 1. The molecule has 168 valence electrons. The minimum Gasteiger partial charge on any atom is -0.457 e. The number of rotatable bonds is 4. The molecule has 5 rings (SSSR count).